The van der Waals surface area contributed by atoms with Crippen LogP contribution in [0, 0.1) is 6.92 Å². The molecular formula is C29H35N3O5S. The SMILES string of the molecule is COc1ccc(S(=O)(=O)N(CC(=O)NCc2ccc(N3CCCCC3)cc2)c2ccc(C)cc2)cc1OC. The van der Waals surface area contributed by atoms with Crippen LogP contribution in [0.25, 0.3) is 0 Å². The average molecular weight is 538 g/mol. The second-order valence-corrected chi connectivity index (χ2v) is 11.2. The molecule has 3 aromatic carbocycles. The van der Waals surface area contributed by atoms with Crippen molar-refractivity contribution in [2.24, 2.45) is 0 Å². The van der Waals surface area contributed by atoms with Gasteiger partial charge in [-0.05, 0) is 68.1 Å². The lowest BCUT2D eigenvalue weighted by atomic mass is 10.1. The highest BCUT2D eigenvalue weighted by atomic mass is 32.2. The predicted molar refractivity (Wildman–Crippen MR) is 150 cm³/mol. The maximum atomic E-state index is 13.7. The summed E-state index contributed by atoms with van der Waals surface area (Å²) in [5, 5.41) is 2.87. The van der Waals surface area contributed by atoms with E-state index in [4.69, 9.17) is 9.47 Å². The van der Waals surface area contributed by atoms with Gasteiger partial charge in [-0.2, -0.15) is 0 Å². The molecule has 1 aliphatic heterocycles. The predicted octanol–water partition coefficient (Wildman–Crippen LogP) is 4.51. The summed E-state index contributed by atoms with van der Waals surface area (Å²) < 4.78 is 39.1. The minimum atomic E-state index is -4.09. The quantitative estimate of drug-likeness (QED) is 0.409. The van der Waals surface area contributed by atoms with Crippen molar-refractivity contribution < 1.29 is 22.7 Å². The third-order valence-electron chi connectivity index (χ3n) is 6.70. The number of rotatable bonds is 10. The Balaban J connectivity index is 1.50. The Morgan fingerprint density at radius 1 is 0.895 bits per heavy atom. The van der Waals surface area contributed by atoms with Gasteiger partial charge in [-0.15, -0.1) is 0 Å². The third-order valence-corrected chi connectivity index (χ3v) is 8.47. The van der Waals surface area contributed by atoms with Gasteiger partial charge >= 0.3 is 0 Å². The summed E-state index contributed by atoms with van der Waals surface area (Å²) in [7, 11) is -1.16. The molecule has 3 aromatic rings. The lowest BCUT2D eigenvalue weighted by Gasteiger charge is -2.28. The van der Waals surface area contributed by atoms with Gasteiger partial charge in [0.25, 0.3) is 10.0 Å². The largest absolute Gasteiger partial charge is 0.493 e. The number of carbonyl (C=O) groups is 1. The molecular weight excluding hydrogens is 502 g/mol. The van der Waals surface area contributed by atoms with Crippen molar-refractivity contribution in [1.29, 1.82) is 0 Å². The zero-order chi connectivity index (χ0) is 27.1. The number of piperidine rings is 1. The molecule has 1 aliphatic rings. The van der Waals surface area contributed by atoms with E-state index in [1.165, 1.54) is 57.4 Å². The number of hydrogen-bond acceptors (Lipinski definition) is 6. The first-order chi connectivity index (χ1) is 18.3. The van der Waals surface area contributed by atoms with Crippen molar-refractivity contribution in [3.63, 3.8) is 0 Å². The summed E-state index contributed by atoms with van der Waals surface area (Å²) in [4.78, 5) is 15.4. The van der Waals surface area contributed by atoms with Crippen LogP contribution < -0.4 is 24.0 Å². The molecule has 1 fully saturated rings. The normalized spacial score (nSPS) is 13.6. The molecule has 202 valence electrons. The molecule has 1 N–H and O–H groups in total. The number of ether oxygens (including phenoxy) is 2. The van der Waals surface area contributed by atoms with Gasteiger partial charge in [-0.25, -0.2) is 8.42 Å². The Morgan fingerprint density at radius 3 is 2.18 bits per heavy atom. The van der Waals surface area contributed by atoms with Gasteiger partial charge in [0.15, 0.2) is 11.5 Å². The van der Waals surface area contributed by atoms with Crippen molar-refractivity contribution in [1.82, 2.24) is 5.32 Å². The van der Waals surface area contributed by atoms with Crippen LogP contribution in [0.1, 0.15) is 30.4 Å². The number of sulfonamides is 1. The van der Waals surface area contributed by atoms with Gasteiger partial charge in [0.1, 0.15) is 6.54 Å². The molecule has 0 atom stereocenters. The van der Waals surface area contributed by atoms with Crippen LogP contribution in [-0.4, -0.2) is 48.2 Å². The first kappa shape index (κ1) is 27.3. The Kier molecular flexibility index (Phi) is 8.78. The smallest absolute Gasteiger partial charge is 0.264 e. The molecule has 0 spiro atoms. The van der Waals surface area contributed by atoms with Crippen LogP contribution >= 0.6 is 0 Å². The van der Waals surface area contributed by atoms with E-state index in [0.717, 1.165) is 28.5 Å². The van der Waals surface area contributed by atoms with E-state index >= 15 is 0 Å². The van der Waals surface area contributed by atoms with Crippen LogP contribution in [0.2, 0.25) is 0 Å². The van der Waals surface area contributed by atoms with E-state index in [2.05, 4.69) is 22.3 Å². The molecule has 8 nitrogen and oxygen atoms in total. The molecule has 4 rings (SSSR count). The number of carbonyl (C=O) groups excluding carboxylic acids is 1. The fourth-order valence-corrected chi connectivity index (χ4v) is 5.93. The molecule has 0 saturated carbocycles. The first-order valence-corrected chi connectivity index (χ1v) is 14.2. The zero-order valence-corrected chi connectivity index (χ0v) is 23.0. The molecule has 0 aromatic heterocycles. The second kappa shape index (κ2) is 12.2. The van der Waals surface area contributed by atoms with Gasteiger partial charge in [0.2, 0.25) is 5.91 Å². The number of benzene rings is 3. The molecule has 0 bridgehead atoms. The maximum absolute atomic E-state index is 13.7. The van der Waals surface area contributed by atoms with Gasteiger partial charge in [-0.3, -0.25) is 9.10 Å². The van der Waals surface area contributed by atoms with Gasteiger partial charge in [0.05, 0.1) is 24.8 Å². The average Bonchev–Trinajstić information content (AvgIpc) is 2.95. The Hall–Kier alpha value is -3.72. The summed E-state index contributed by atoms with van der Waals surface area (Å²) in [6, 6.07) is 19.6. The Labute approximate surface area is 225 Å². The number of amides is 1. The number of nitrogens with one attached hydrogen (secondary N) is 1. The van der Waals surface area contributed by atoms with Crippen molar-refractivity contribution in [3.8, 4) is 11.5 Å². The van der Waals surface area contributed by atoms with E-state index in [9.17, 15) is 13.2 Å². The first-order valence-electron chi connectivity index (χ1n) is 12.7. The minimum Gasteiger partial charge on any atom is -0.493 e. The molecule has 0 radical (unpaired) electrons. The Bertz CT molecular complexity index is 1340. The Morgan fingerprint density at radius 2 is 1.55 bits per heavy atom. The van der Waals surface area contributed by atoms with Crippen LogP contribution in [0.4, 0.5) is 11.4 Å². The zero-order valence-electron chi connectivity index (χ0n) is 22.1. The number of hydrogen-bond donors (Lipinski definition) is 1. The summed E-state index contributed by atoms with van der Waals surface area (Å²) in [6.07, 6.45) is 3.70. The van der Waals surface area contributed by atoms with E-state index < -0.39 is 15.9 Å². The fraction of sp³-hybridized carbons (Fsp3) is 0.345. The highest BCUT2D eigenvalue weighted by Gasteiger charge is 2.28. The van der Waals surface area contributed by atoms with E-state index in [1.54, 1.807) is 12.1 Å². The fourth-order valence-electron chi connectivity index (χ4n) is 4.49. The van der Waals surface area contributed by atoms with Gasteiger partial charge in [0, 0.05) is 31.4 Å². The van der Waals surface area contributed by atoms with Gasteiger partial charge in [-0.1, -0.05) is 29.8 Å². The summed E-state index contributed by atoms with van der Waals surface area (Å²) in [5.74, 6) is 0.294. The van der Waals surface area contributed by atoms with Crippen LogP contribution in [-0.2, 0) is 21.4 Å². The van der Waals surface area contributed by atoms with Crippen molar-refractivity contribution in [3.05, 3.63) is 77.9 Å². The monoisotopic (exact) mass is 537 g/mol. The standard InChI is InChI=1S/C29H35N3O5S/c1-22-7-11-25(12-8-22)32(38(34,35)26-15-16-27(36-2)28(19-26)37-3)21-29(33)30-20-23-9-13-24(14-10-23)31-17-5-4-6-18-31/h7-16,19H,4-6,17-18,20-21H2,1-3H3,(H,30,33). The molecule has 38 heavy (non-hydrogen) atoms. The molecule has 9 heteroatoms. The topological polar surface area (TPSA) is 88.2 Å². The van der Waals surface area contributed by atoms with E-state index in [0.29, 0.717) is 18.0 Å². The summed E-state index contributed by atoms with van der Waals surface area (Å²) >= 11 is 0. The number of aryl methyl sites for hydroxylation is 1. The minimum absolute atomic E-state index is 0.00294. The highest BCUT2D eigenvalue weighted by Crippen LogP contribution is 2.32. The molecule has 1 saturated heterocycles. The van der Waals surface area contributed by atoms with Crippen LogP contribution in [0.15, 0.2) is 71.6 Å². The summed E-state index contributed by atoms with van der Waals surface area (Å²) in [6.45, 7) is 3.99. The lowest BCUT2D eigenvalue weighted by Crippen LogP contribution is -2.40. The summed E-state index contributed by atoms with van der Waals surface area (Å²) in [5.41, 5.74) is 3.51. The van der Waals surface area contributed by atoms with E-state index in [1.807, 2.05) is 31.2 Å². The number of anilines is 2. The molecule has 0 aliphatic carbocycles. The lowest BCUT2D eigenvalue weighted by molar-refractivity contribution is -0.119. The number of nitrogens with zero attached hydrogens (tertiary/aromatic N) is 2. The molecule has 1 heterocycles. The third kappa shape index (κ3) is 6.39. The molecule has 1 amide bonds. The van der Waals surface area contributed by atoms with Crippen molar-refractivity contribution in [2.45, 2.75) is 37.6 Å². The second-order valence-electron chi connectivity index (χ2n) is 9.35. The van der Waals surface area contributed by atoms with Crippen LogP contribution in [0.3, 0.4) is 0 Å². The highest BCUT2D eigenvalue weighted by molar-refractivity contribution is 7.92. The van der Waals surface area contributed by atoms with Crippen LogP contribution in [0.5, 0.6) is 11.5 Å². The van der Waals surface area contributed by atoms with E-state index in [-0.39, 0.29) is 17.2 Å². The van der Waals surface area contributed by atoms with Crippen molar-refractivity contribution in [2.75, 3.05) is 43.1 Å². The van der Waals surface area contributed by atoms with Crippen molar-refractivity contribution >= 4 is 27.3 Å². The van der Waals surface area contributed by atoms with Gasteiger partial charge < -0.3 is 19.7 Å². The number of methoxy groups -OCH3 is 2. The maximum Gasteiger partial charge on any atom is 0.264 e. The molecule has 0 unspecified atom stereocenters.